The second-order valence-corrected chi connectivity index (χ2v) is 8.17. The van der Waals surface area contributed by atoms with Gasteiger partial charge in [0.2, 0.25) is 0 Å². The van der Waals surface area contributed by atoms with E-state index in [9.17, 15) is 0 Å². The van der Waals surface area contributed by atoms with Gasteiger partial charge in [-0.25, -0.2) is 0 Å². The summed E-state index contributed by atoms with van der Waals surface area (Å²) in [6.45, 7) is 4.71. The van der Waals surface area contributed by atoms with Gasteiger partial charge in [-0.1, -0.05) is 60.7 Å². The molecule has 3 nitrogen and oxygen atoms in total. The zero-order valence-corrected chi connectivity index (χ0v) is 15.9. The first-order valence-corrected chi connectivity index (χ1v) is 9.66. The second-order valence-electron chi connectivity index (χ2n) is 8.17. The predicted molar refractivity (Wildman–Crippen MR) is 115 cm³/mol. The summed E-state index contributed by atoms with van der Waals surface area (Å²) in [5.41, 5.74) is 2.63. The van der Waals surface area contributed by atoms with Gasteiger partial charge in [0.15, 0.2) is 0 Å². The van der Waals surface area contributed by atoms with Gasteiger partial charge < -0.3 is 13.7 Å². The molecule has 1 saturated heterocycles. The van der Waals surface area contributed by atoms with Crippen molar-refractivity contribution in [1.29, 1.82) is 0 Å². The van der Waals surface area contributed by atoms with Gasteiger partial charge in [0.1, 0.15) is 11.2 Å². The van der Waals surface area contributed by atoms with Crippen LogP contribution in [0.1, 0.15) is 13.8 Å². The maximum absolute atomic E-state index is 6.46. The van der Waals surface area contributed by atoms with Crippen molar-refractivity contribution in [2.24, 2.45) is 0 Å². The molecule has 0 atom stereocenters. The molecule has 1 fully saturated rings. The van der Waals surface area contributed by atoms with Crippen LogP contribution in [0.4, 0.5) is 0 Å². The summed E-state index contributed by atoms with van der Waals surface area (Å²) in [6.07, 6.45) is 0. The van der Waals surface area contributed by atoms with E-state index in [1.54, 1.807) is 0 Å². The lowest BCUT2D eigenvalue weighted by Gasteiger charge is -2.16. The molecule has 4 aromatic carbocycles. The lowest BCUT2D eigenvalue weighted by Crippen LogP contribution is -2.35. The minimum absolute atomic E-state index is 0.282. The zero-order chi connectivity index (χ0) is 18.9. The lowest BCUT2D eigenvalue weighted by molar-refractivity contribution is 0.137. The smallest absolute Gasteiger partial charge is 0.455 e. The summed E-state index contributed by atoms with van der Waals surface area (Å²) < 4.78 is 18.7. The monoisotopic (exact) mass is 366 g/mol. The van der Waals surface area contributed by atoms with Gasteiger partial charge in [-0.2, -0.15) is 0 Å². The molecule has 28 heavy (non-hydrogen) atoms. The van der Waals surface area contributed by atoms with Crippen molar-refractivity contribution in [1.82, 2.24) is 0 Å². The van der Waals surface area contributed by atoms with Crippen LogP contribution in [-0.4, -0.2) is 19.3 Å². The van der Waals surface area contributed by atoms with Crippen molar-refractivity contribution in [3.8, 4) is 0 Å². The molecule has 0 spiro atoms. The van der Waals surface area contributed by atoms with Crippen LogP contribution >= 0.6 is 0 Å². The summed E-state index contributed by atoms with van der Waals surface area (Å²) in [4.78, 5) is 0. The fraction of sp³-hybridized carbons (Fsp3) is 0.167. The van der Waals surface area contributed by atoms with Crippen LogP contribution < -0.4 is 5.46 Å². The molecule has 2 heterocycles. The number of furan rings is 1. The van der Waals surface area contributed by atoms with Crippen LogP contribution in [0.15, 0.2) is 71.1 Å². The molecular formula is C24H19BO3. The molecule has 0 saturated carbocycles. The van der Waals surface area contributed by atoms with Crippen molar-refractivity contribution in [2.45, 2.75) is 19.4 Å². The minimum atomic E-state index is -0.366. The van der Waals surface area contributed by atoms with Crippen LogP contribution in [-0.2, 0) is 9.31 Å². The third-order valence-electron chi connectivity index (χ3n) is 5.66. The van der Waals surface area contributed by atoms with Crippen LogP contribution in [0.5, 0.6) is 0 Å². The average molecular weight is 366 g/mol. The fourth-order valence-corrected chi connectivity index (χ4v) is 4.34. The highest BCUT2D eigenvalue weighted by atomic mass is 16.7. The first-order valence-electron chi connectivity index (χ1n) is 9.66. The van der Waals surface area contributed by atoms with Gasteiger partial charge in [0.05, 0.1) is 12.2 Å². The first-order chi connectivity index (χ1) is 13.6. The summed E-state index contributed by atoms with van der Waals surface area (Å²) in [5, 5.41) is 6.75. The van der Waals surface area contributed by atoms with E-state index in [1.807, 2.05) is 0 Å². The number of hydrogen-bond donors (Lipinski definition) is 0. The number of benzene rings is 4. The molecule has 0 aliphatic carbocycles. The molecule has 0 bridgehead atoms. The third-order valence-corrected chi connectivity index (χ3v) is 5.66. The van der Waals surface area contributed by atoms with E-state index in [-0.39, 0.29) is 12.7 Å². The van der Waals surface area contributed by atoms with Crippen LogP contribution in [0, 0.1) is 0 Å². The molecule has 1 aromatic heterocycles. The van der Waals surface area contributed by atoms with E-state index in [1.165, 1.54) is 5.39 Å². The Morgan fingerprint density at radius 1 is 0.750 bits per heavy atom. The summed E-state index contributed by atoms with van der Waals surface area (Å²) >= 11 is 0. The Morgan fingerprint density at radius 3 is 2.21 bits per heavy atom. The van der Waals surface area contributed by atoms with Crippen LogP contribution in [0.25, 0.3) is 43.5 Å². The molecule has 6 rings (SSSR count). The average Bonchev–Trinajstić information content (AvgIpc) is 3.27. The maximum atomic E-state index is 6.46. The van der Waals surface area contributed by atoms with Crippen molar-refractivity contribution >= 4 is 56.1 Å². The Kier molecular flexibility index (Phi) is 3.23. The quantitative estimate of drug-likeness (QED) is 0.372. The highest BCUT2D eigenvalue weighted by Gasteiger charge is 2.39. The maximum Gasteiger partial charge on any atom is 0.495 e. The standard InChI is InChI=1S/C24H19BO3/c1-24(2)14-26-25(28-24)21-13-20-19-12-11-15-7-3-4-8-16(15)22(19)27-23(20)18-10-6-5-9-17(18)21/h3-13H,14H2,1-2H3. The van der Waals surface area contributed by atoms with E-state index < -0.39 is 0 Å². The van der Waals surface area contributed by atoms with Crippen LogP contribution in [0.2, 0.25) is 0 Å². The van der Waals surface area contributed by atoms with E-state index in [0.29, 0.717) is 6.61 Å². The Labute approximate surface area is 163 Å². The fourth-order valence-electron chi connectivity index (χ4n) is 4.34. The van der Waals surface area contributed by atoms with Gasteiger partial charge in [-0.05, 0) is 36.1 Å². The largest absolute Gasteiger partial charge is 0.495 e. The molecule has 136 valence electrons. The highest BCUT2D eigenvalue weighted by Crippen LogP contribution is 2.37. The Hall–Kier alpha value is -2.82. The van der Waals surface area contributed by atoms with Crippen LogP contribution in [0.3, 0.4) is 0 Å². The van der Waals surface area contributed by atoms with Crippen molar-refractivity contribution in [2.75, 3.05) is 6.61 Å². The number of fused-ring (bicyclic) bond motifs is 7. The molecular weight excluding hydrogens is 347 g/mol. The van der Waals surface area contributed by atoms with Gasteiger partial charge >= 0.3 is 7.12 Å². The summed E-state index contributed by atoms with van der Waals surface area (Å²) in [5.74, 6) is 0. The molecule has 1 aliphatic rings. The van der Waals surface area contributed by atoms with Gasteiger partial charge in [-0.15, -0.1) is 0 Å². The Bertz CT molecular complexity index is 1380. The van der Waals surface area contributed by atoms with Gasteiger partial charge in [-0.3, -0.25) is 0 Å². The third kappa shape index (κ3) is 2.25. The van der Waals surface area contributed by atoms with Gasteiger partial charge in [0, 0.05) is 21.5 Å². The van der Waals surface area contributed by atoms with Crippen molar-refractivity contribution in [3.05, 3.63) is 66.7 Å². The molecule has 0 unspecified atom stereocenters. The van der Waals surface area contributed by atoms with Gasteiger partial charge in [0.25, 0.3) is 0 Å². The van der Waals surface area contributed by atoms with E-state index in [2.05, 4.69) is 80.6 Å². The molecule has 4 heteroatoms. The summed E-state index contributed by atoms with van der Waals surface area (Å²) in [7, 11) is -0.366. The van der Waals surface area contributed by atoms with E-state index >= 15 is 0 Å². The zero-order valence-electron chi connectivity index (χ0n) is 15.9. The molecule has 1 aliphatic heterocycles. The molecule has 5 aromatic rings. The number of rotatable bonds is 1. The topological polar surface area (TPSA) is 31.6 Å². The first kappa shape index (κ1) is 16.2. The number of hydrogen-bond acceptors (Lipinski definition) is 3. The molecule has 0 N–H and O–H groups in total. The summed E-state index contributed by atoms with van der Waals surface area (Å²) in [6, 6.07) is 23.2. The normalized spacial score (nSPS) is 16.7. The van der Waals surface area contributed by atoms with Crippen molar-refractivity contribution < 1.29 is 13.7 Å². The second kappa shape index (κ2) is 5.60. The lowest BCUT2D eigenvalue weighted by atomic mass is 9.75. The van der Waals surface area contributed by atoms with E-state index in [4.69, 9.17) is 13.7 Å². The predicted octanol–water partition coefficient (Wildman–Crippen LogP) is 5.41. The Morgan fingerprint density at radius 2 is 1.43 bits per heavy atom. The Balaban J connectivity index is 1.73. The van der Waals surface area contributed by atoms with Crippen molar-refractivity contribution in [3.63, 3.8) is 0 Å². The molecule has 0 radical (unpaired) electrons. The van der Waals surface area contributed by atoms with E-state index in [0.717, 1.165) is 43.6 Å². The SMILES string of the molecule is CC1(C)COB(c2cc3c4ccc5ccccc5c4oc3c3ccccc23)O1. The highest BCUT2D eigenvalue weighted by molar-refractivity contribution is 6.65. The molecule has 0 amide bonds. The minimum Gasteiger partial charge on any atom is -0.455 e.